The first kappa shape index (κ1) is 14.0. The molecule has 1 heterocycles. The van der Waals surface area contributed by atoms with Gasteiger partial charge in [-0.15, -0.1) is 0 Å². The lowest BCUT2D eigenvalue weighted by Crippen LogP contribution is -2.30. The molecule has 0 radical (unpaired) electrons. The molecule has 0 aliphatic carbocycles. The van der Waals surface area contributed by atoms with E-state index in [1.54, 1.807) is 7.11 Å². The smallest absolute Gasteiger partial charge is 0.0462 e. The minimum Gasteiger partial charge on any atom is -0.385 e. The van der Waals surface area contributed by atoms with Gasteiger partial charge in [-0.2, -0.15) is 0 Å². The van der Waals surface area contributed by atoms with E-state index in [9.17, 15) is 0 Å². The van der Waals surface area contributed by atoms with Gasteiger partial charge in [-0.3, -0.25) is 0 Å². The Hall–Kier alpha value is -0.0800. The fourth-order valence-corrected chi connectivity index (χ4v) is 2.47. The highest BCUT2D eigenvalue weighted by molar-refractivity contribution is 4.64. The fourth-order valence-electron chi connectivity index (χ4n) is 2.47. The highest BCUT2D eigenvalue weighted by Crippen LogP contribution is 2.11. The van der Waals surface area contributed by atoms with E-state index in [0.717, 1.165) is 6.61 Å². The lowest BCUT2D eigenvalue weighted by atomic mass is 10.1. The number of hydrogen-bond donors (Lipinski definition) is 0. The zero-order valence-electron chi connectivity index (χ0n) is 11.0. The van der Waals surface area contributed by atoms with E-state index in [4.69, 9.17) is 4.74 Å². The third-order valence-electron chi connectivity index (χ3n) is 3.52. The minimum atomic E-state index is 0.938. The van der Waals surface area contributed by atoms with Crippen molar-refractivity contribution in [1.82, 2.24) is 4.90 Å². The minimum absolute atomic E-state index is 0.938. The van der Waals surface area contributed by atoms with Crippen LogP contribution >= 0.6 is 0 Å². The van der Waals surface area contributed by atoms with Gasteiger partial charge < -0.3 is 9.64 Å². The van der Waals surface area contributed by atoms with Crippen LogP contribution in [0.25, 0.3) is 0 Å². The standard InChI is InChI=1S/C14H29NO/c1-16-14-10-5-3-2-4-7-11-15-12-8-6-9-13-15/h2-14H2,1H3. The van der Waals surface area contributed by atoms with Crippen LogP contribution in [0.5, 0.6) is 0 Å². The van der Waals surface area contributed by atoms with Crippen molar-refractivity contribution in [2.75, 3.05) is 33.4 Å². The zero-order chi connectivity index (χ0) is 11.5. The average Bonchev–Trinajstić information content (AvgIpc) is 2.34. The molecule has 0 N–H and O–H groups in total. The lowest BCUT2D eigenvalue weighted by molar-refractivity contribution is 0.191. The molecule has 1 saturated heterocycles. The molecule has 1 aliphatic rings. The molecule has 16 heavy (non-hydrogen) atoms. The first-order chi connectivity index (χ1) is 7.93. The summed E-state index contributed by atoms with van der Waals surface area (Å²) >= 11 is 0. The van der Waals surface area contributed by atoms with E-state index < -0.39 is 0 Å². The van der Waals surface area contributed by atoms with Gasteiger partial charge in [0.15, 0.2) is 0 Å². The molecule has 0 bridgehead atoms. The van der Waals surface area contributed by atoms with Crippen molar-refractivity contribution in [3.05, 3.63) is 0 Å². The van der Waals surface area contributed by atoms with Gasteiger partial charge in [0.05, 0.1) is 0 Å². The van der Waals surface area contributed by atoms with Gasteiger partial charge >= 0.3 is 0 Å². The van der Waals surface area contributed by atoms with Crippen LogP contribution in [0.3, 0.4) is 0 Å². The van der Waals surface area contributed by atoms with Crippen molar-refractivity contribution in [2.45, 2.75) is 57.8 Å². The number of piperidine rings is 1. The Labute approximate surface area is 101 Å². The summed E-state index contributed by atoms with van der Waals surface area (Å²) in [5.41, 5.74) is 0. The van der Waals surface area contributed by atoms with Gasteiger partial charge in [0.2, 0.25) is 0 Å². The van der Waals surface area contributed by atoms with Crippen LogP contribution in [-0.2, 0) is 4.74 Å². The SMILES string of the molecule is COCCCCCCCCN1CCCCC1. The van der Waals surface area contributed by atoms with Crippen LogP contribution in [0, 0.1) is 0 Å². The van der Waals surface area contributed by atoms with Crippen molar-refractivity contribution in [2.24, 2.45) is 0 Å². The highest BCUT2D eigenvalue weighted by Gasteiger charge is 2.08. The van der Waals surface area contributed by atoms with E-state index in [0.29, 0.717) is 0 Å². The molecule has 0 atom stereocenters. The molecule has 0 aromatic heterocycles. The summed E-state index contributed by atoms with van der Waals surface area (Å²) in [6, 6.07) is 0. The summed E-state index contributed by atoms with van der Waals surface area (Å²) in [5, 5.41) is 0. The van der Waals surface area contributed by atoms with E-state index in [1.165, 1.54) is 77.4 Å². The summed E-state index contributed by atoms with van der Waals surface area (Å²) < 4.78 is 5.04. The summed E-state index contributed by atoms with van der Waals surface area (Å²) in [7, 11) is 1.79. The van der Waals surface area contributed by atoms with Gasteiger partial charge in [0.25, 0.3) is 0 Å². The van der Waals surface area contributed by atoms with Crippen molar-refractivity contribution in [3.63, 3.8) is 0 Å². The van der Waals surface area contributed by atoms with Crippen molar-refractivity contribution < 1.29 is 4.74 Å². The lowest BCUT2D eigenvalue weighted by Gasteiger charge is -2.26. The normalized spacial score (nSPS) is 17.8. The number of hydrogen-bond acceptors (Lipinski definition) is 2. The van der Waals surface area contributed by atoms with Gasteiger partial charge in [-0.1, -0.05) is 32.1 Å². The number of nitrogens with zero attached hydrogens (tertiary/aromatic N) is 1. The van der Waals surface area contributed by atoms with Crippen molar-refractivity contribution in [3.8, 4) is 0 Å². The van der Waals surface area contributed by atoms with Crippen LogP contribution in [0.4, 0.5) is 0 Å². The molecule has 0 aromatic carbocycles. The molecular formula is C14H29NO. The third kappa shape index (κ3) is 7.24. The van der Waals surface area contributed by atoms with E-state index in [-0.39, 0.29) is 0 Å². The predicted molar refractivity (Wildman–Crippen MR) is 69.9 cm³/mol. The second-order valence-electron chi connectivity index (χ2n) is 5.02. The second-order valence-corrected chi connectivity index (χ2v) is 5.02. The van der Waals surface area contributed by atoms with Crippen molar-refractivity contribution >= 4 is 0 Å². The Morgan fingerprint density at radius 3 is 2.12 bits per heavy atom. The molecule has 1 aliphatic heterocycles. The Morgan fingerprint density at radius 2 is 1.44 bits per heavy atom. The fraction of sp³-hybridized carbons (Fsp3) is 1.00. The molecule has 2 heteroatoms. The molecule has 0 unspecified atom stereocenters. The number of rotatable bonds is 9. The molecule has 1 rings (SSSR count). The van der Waals surface area contributed by atoms with Gasteiger partial charge in [0, 0.05) is 13.7 Å². The maximum atomic E-state index is 5.04. The topological polar surface area (TPSA) is 12.5 Å². The quantitative estimate of drug-likeness (QED) is 0.559. The molecule has 2 nitrogen and oxygen atoms in total. The van der Waals surface area contributed by atoms with Crippen LogP contribution in [0.15, 0.2) is 0 Å². The summed E-state index contributed by atoms with van der Waals surface area (Å²) in [5.74, 6) is 0. The van der Waals surface area contributed by atoms with Crippen LogP contribution < -0.4 is 0 Å². The molecule has 0 saturated carbocycles. The number of likely N-dealkylation sites (tertiary alicyclic amines) is 1. The molecule has 96 valence electrons. The summed E-state index contributed by atoms with van der Waals surface area (Å²) in [6.45, 7) is 4.99. The predicted octanol–water partition coefficient (Wildman–Crippen LogP) is 3.46. The second kappa shape index (κ2) is 10.1. The number of ether oxygens (including phenoxy) is 1. The third-order valence-corrected chi connectivity index (χ3v) is 3.52. The maximum absolute atomic E-state index is 5.04. The van der Waals surface area contributed by atoms with Crippen LogP contribution in [0.1, 0.15) is 57.8 Å². The summed E-state index contributed by atoms with van der Waals surface area (Å²) in [6.07, 6.45) is 12.5. The first-order valence-electron chi connectivity index (χ1n) is 7.15. The highest BCUT2D eigenvalue weighted by atomic mass is 16.5. The molecular weight excluding hydrogens is 198 g/mol. The monoisotopic (exact) mass is 227 g/mol. The maximum Gasteiger partial charge on any atom is 0.0462 e. The van der Waals surface area contributed by atoms with Crippen LogP contribution in [-0.4, -0.2) is 38.3 Å². The van der Waals surface area contributed by atoms with E-state index in [2.05, 4.69) is 4.90 Å². The molecule has 1 fully saturated rings. The van der Waals surface area contributed by atoms with Crippen LogP contribution in [0.2, 0.25) is 0 Å². The Balaban J connectivity index is 1.77. The van der Waals surface area contributed by atoms with E-state index >= 15 is 0 Å². The first-order valence-corrected chi connectivity index (χ1v) is 7.15. The van der Waals surface area contributed by atoms with Gasteiger partial charge in [0.1, 0.15) is 0 Å². The average molecular weight is 227 g/mol. The van der Waals surface area contributed by atoms with E-state index in [1.807, 2.05) is 0 Å². The molecule has 0 spiro atoms. The van der Waals surface area contributed by atoms with Gasteiger partial charge in [-0.05, 0) is 45.3 Å². The number of unbranched alkanes of at least 4 members (excludes halogenated alkanes) is 5. The zero-order valence-corrected chi connectivity index (χ0v) is 11.0. The summed E-state index contributed by atoms with van der Waals surface area (Å²) in [4.78, 5) is 2.65. The largest absolute Gasteiger partial charge is 0.385 e. The Morgan fingerprint density at radius 1 is 0.812 bits per heavy atom. The Kier molecular flexibility index (Phi) is 8.83. The number of methoxy groups -OCH3 is 1. The van der Waals surface area contributed by atoms with Crippen molar-refractivity contribution in [1.29, 1.82) is 0 Å². The molecule has 0 aromatic rings. The Bertz CT molecular complexity index is 144. The van der Waals surface area contributed by atoms with Gasteiger partial charge in [-0.25, -0.2) is 0 Å². The molecule has 0 amide bonds.